The highest BCUT2D eigenvalue weighted by molar-refractivity contribution is 7.97. The molecule has 2 aliphatic rings. The van der Waals surface area contributed by atoms with Crippen LogP contribution in [0.15, 0.2) is 42.5 Å². The lowest BCUT2D eigenvalue weighted by molar-refractivity contribution is -0.108. The smallest absolute Gasteiger partial charge is 0.134 e. The van der Waals surface area contributed by atoms with E-state index in [9.17, 15) is 9.18 Å². The predicted molar refractivity (Wildman–Crippen MR) is 137 cm³/mol. The van der Waals surface area contributed by atoms with E-state index in [-0.39, 0.29) is 17.9 Å². The maximum atomic E-state index is 15.2. The number of carbonyl (C=O) groups is 1. The number of likely N-dealkylation sites (N-methyl/N-ethyl adjacent to an activating group) is 1. The number of hydrogen-bond donors (Lipinski definition) is 1. The second kappa shape index (κ2) is 13.8. The third-order valence-corrected chi connectivity index (χ3v) is 6.58. The molecule has 0 bridgehead atoms. The van der Waals surface area contributed by atoms with Gasteiger partial charge in [-0.3, -0.25) is 9.62 Å². The molecule has 0 aromatic heterocycles. The van der Waals surface area contributed by atoms with Gasteiger partial charge in [0.2, 0.25) is 0 Å². The van der Waals surface area contributed by atoms with Crippen molar-refractivity contribution in [2.24, 2.45) is 5.92 Å². The van der Waals surface area contributed by atoms with Crippen LogP contribution in [0, 0.1) is 18.7 Å². The van der Waals surface area contributed by atoms with Gasteiger partial charge in [0.25, 0.3) is 0 Å². The van der Waals surface area contributed by atoms with Crippen LogP contribution in [0.2, 0.25) is 0 Å². The molecule has 4 rings (SSSR count). The fraction of sp³-hybridized carbons (Fsp3) is 0.519. The van der Waals surface area contributed by atoms with Crippen LogP contribution in [0.1, 0.15) is 44.7 Å². The van der Waals surface area contributed by atoms with Crippen LogP contribution < -0.4 is 4.72 Å². The van der Waals surface area contributed by atoms with Crippen LogP contribution >= 0.6 is 11.9 Å². The first-order valence-corrected chi connectivity index (χ1v) is 12.9. The van der Waals surface area contributed by atoms with Gasteiger partial charge in [0.05, 0.1) is 6.04 Å². The third-order valence-electron chi connectivity index (χ3n) is 5.85. The summed E-state index contributed by atoms with van der Waals surface area (Å²) in [6.45, 7) is 8.41. The summed E-state index contributed by atoms with van der Waals surface area (Å²) in [5.41, 5.74) is 3.23. The van der Waals surface area contributed by atoms with E-state index in [0.717, 1.165) is 36.0 Å². The minimum Gasteiger partial charge on any atom is -0.303 e. The Morgan fingerprint density at radius 3 is 2.45 bits per heavy atom. The number of hydrogen-bond acceptors (Lipinski definition) is 4. The minimum atomic E-state index is -0.938. The zero-order chi connectivity index (χ0) is 24.4. The number of rotatable bonds is 7. The van der Waals surface area contributed by atoms with E-state index in [1.807, 2.05) is 82.1 Å². The number of carbonyl (C=O) groups excluding carboxylic acids is 1. The van der Waals surface area contributed by atoms with Gasteiger partial charge >= 0.3 is 0 Å². The summed E-state index contributed by atoms with van der Waals surface area (Å²) in [6.07, 6.45) is 2.87. The average molecular weight is 477 g/mol. The van der Waals surface area contributed by atoms with E-state index in [2.05, 4.69) is 4.72 Å². The lowest BCUT2D eigenvalue weighted by atomic mass is 9.95. The first-order valence-electron chi connectivity index (χ1n) is 12.0. The number of benzene rings is 2. The van der Waals surface area contributed by atoms with Crippen molar-refractivity contribution >= 4 is 18.2 Å². The number of likely N-dealkylation sites (tertiary alicyclic amines) is 1. The standard InChI is InChI=1S/C21H26F2N2S.C4H6O.C2H6/c1-4-26-24-21-18(22)13-25(3)19(21)12-16-9-6-10-17(20(16)23)15-8-5-7-14(2)11-15;5-3-4-1-2-4;1-2/h5-11,18-19,21,24H,4,12-13H2,1-3H3;3-4H,1-2H2;1-2H3. The summed E-state index contributed by atoms with van der Waals surface area (Å²) >= 11 is 1.52. The van der Waals surface area contributed by atoms with E-state index < -0.39 is 6.17 Å². The Kier molecular flexibility index (Phi) is 11.5. The zero-order valence-corrected chi connectivity index (χ0v) is 21.3. The molecule has 3 atom stereocenters. The fourth-order valence-electron chi connectivity index (χ4n) is 3.88. The van der Waals surface area contributed by atoms with Gasteiger partial charge in [-0.15, -0.1) is 0 Å². The monoisotopic (exact) mass is 476 g/mol. The van der Waals surface area contributed by atoms with Crippen LogP contribution in [0.25, 0.3) is 11.1 Å². The molecule has 0 radical (unpaired) electrons. The number of nitrogens with one attached hydrogen (secondary N) is 1. The Hall–Kier alpha value is -1.76. The molecule has 2 aromatic rings. The van der Waals surface area contributed by atoms with Crippen molar-refractivity contribution in [1.29, 1.82) is 0 Å². The Morgan fingerprint density at radius 2 is 1.88 bits per heavy atom. The molecule has 1 aliphatic heterocycles. The molecule has 3 nitrogen and oxygen atoms in total. The maximum absolute atomic E-state index is 15.2. The van der Waals surface area contributed by atoms with Crippen molar-refractivity contribution in [2.45, 2.75) is 65.2 Å². The van der Waals surface area contributed by atoms with Gasteiger partial charge in [-0.25, -0.2) is 8.78 Å². The summed E-state index contributed by atoms with van der Waals surface area (Å²) in [5.74, 6) is 1.13. The van der Waals surface area contributed by atoms with Crippen molar-refractivity contribution in [3.63, 3.8) is 0 Å². The predicted octanol–water partition coefficient (Wildman–Crippen LogP) is 6.24. The van der Waals surface area contributed by atoms with E-state index in [0.29, 0.717) is 30.0 Å². The Balaban J connectivity index is 0.000000477. The first kappa shape index (κ1) is 27.5. The topological polar surface area (TPSA) is 32.3 Å². The number of alkyl halides is 1. The molecule has 1 saturated heterocycles. The third kappa shape index (κ3) is 7.90. The van der Waals surface area contributed by atoms with Crippen molar-refractivity contribution in [1.82, 2.24) is 9.62 Å². The Bertz CT molecular complexity index is 875. The van der Waals surface area contributed by atoms with Gasteiger partial charge < -0.3 is 4.79 Å². The summed E-state index contributed by atoms with van der Waals surface area (Å²) in [5, 5.41) is 0. The van der Waals surface area contributed by atoms with E-state index in [1.54, 1.807) is 0 Å². The summed E-state index contributed by atoms with van der Waals surface area (Å²) in [4.78, 5) is 11.6. The molecule has 0 spiro atoms. The van der Waals surface area contributed by atoms with Crippen molar-refractivity contribution in [3.8, 4) is 11.1 Å². The Labute approximate surface area is 202 Å². The molecule has 2 fully saturated rings. The van der Waals surface area contributed by atoms with E-state index in [4.69, 9.17) is 0 Å². The average Bonchev–Trinajstić information content (AvgIpc) is 3.62. The SMILES string of the molecule is CC.CCSNC1C(F)CN(C)C1Cc1cccc(-c2cccc(C)c2)c1F.O=CC1CC1. The van der Waals surface area contributed by atoms with Crippen LogP contribution in [-0.2, 0) is 11.2 Å². The molecule has 33 heavy (non-hydrogen) atoms. The maximum Gasteiger partial charge on any atom is 0.134 e. The lowest BCUT2D eigenvalue weighted by Crippen LogP contribution is -2.43. The zero-order valence-electron chi connectivity index (χ0n) is 20.5. The molecule has 6 heteroatoms. The summed E-state index contributed by atoms with van der Waals surface area (Å²) in [6, 6.07) is 13.0. The fourth-order valence-corrected chi connectivity index (χ4v) is 4.55. The molecule has 3 unspecified atom stereocenters. The summed E-state index contributed by atoms with van der Waals surface area (Å²) in [7, 11) is 1.91. The molecule has 1 saturated carbocycles. The quantitative estimate of drug-likeness (QED) is 0.379. The lowest BCUT2D eigenvalue weighted by Gasteiger charge is -2.26. The van der Waals surface area contributed by atoms with Gasteiger partial charge in [0, 0.05) is 29.8 Å². The molecular weight excluding hydrogens is 438 g/mol. The molecule has 1 aliphatic carbocycles. The summed E-state index contributed by atoms with van der Waals surface area (Å²) < 4.78 is 32.8. The van der Waals surface area contributed by atoms with Gasteiger partial charge in [0.15, 0.2) is 0 Å². The molecule has 1 N–H and O–H groups in total. The second-order valence-electron chi connectivity index (χ2n) is 8.43. The van der Waals surface area contributed by atoms with E-state index in [1.165, 1.54) is 11.9 Å². The van der Waals surface area contributed by atoms with Gasteiger partial charge in [-0.1, -0.05) is 80.7 Å². The minimum absolute atomic E-state index is 0.0636. The van der Waals surface area contributed by atoms with E-state index >= 15 is 4.39 Å². The molecule has 1 heterocycles. The largest absolute Gasteiger partial charge is 0.303 e. The van der Waals surface area contributed by atoms with Crippen LogP contribution in [0.3, 0.4) is 0 Å². The first-order chi connectivity index (χ1) is 15.9. The normalized spacial score (nSPS) is 22.1. The van der Waals surface area contributed by atoms with Gasteiger partial charge in [-0.05, 0) is 44.4 Å². The number of nitrogens with zero attached hydrogens (tertiary/aromatic N) is 1. The highest BCUT2D eigenvalue weighted by atomic mass is 32.2. The Morgan fingerprint density at radius 1 is 1.18 bits per heavy atom. The van der Waals surface area contributed by atoms with Crippen LogP contribution in [0.5, 0.6) is 0 Å². The van der Waals surface area contributed by atoms with Gasteiger partial charge in [0.1, 0.15) is 18.3 Å². The van der Waals surface area contributed by atoms with Crippen LogP contribution in [-0.4, -0.2) is 48.8 Å². The molecule has 0 amide bonds. The molecule has 182 valence electrons. The second-order valence-corrected chi connectivity index (χ2v) is 9.53. The number of aldehydes is 1. The van der Waals surface area contributed by atoms with Gasteiger partial charge in [-0.2, -0.15) is 0 Å². The molecular formula is C27H38F2N2OS. The van der Waals surface area contributed by atoms with Crippen LogP contribution in [0.4, 0.5) is 8.78 Å². The highest BCUT2D eigenvalue weighted by Crippen LogP contribution is 2.30. The molecule has 2 aromatic carbocycles. The number of aryl methyl sites for hydroxylation is 1. The highest BCUT2D eigenvalue weighted by Gasteiger charge is 2.40. The van der Waals surface area contributed by atoms with Crippen molar-refractivity contribution in [2.75, 3.05) is 19.3 Å². The number of halogens is 2. The van der Waals surface area contributed by atoms with Crippen molar-refractivity contribution in [3.05, 3.63) is 59.4 Å². The van der Waals surface area contributed by atoms with Crippen molar-refractivity contribution < 1.29 is 13.6 Å².